The van der Waals surface area contributed by atoms with Crippen LogP contribution in [0.5, 0.6) is 0 Å². The van der Waals surface area contributed by atoms with Gasteiger partial charge in [-0.2, -0.15) is 0 Å². The first-order chi connectivity index (χ1) is 10.8. The summed E-state index contributed by atoms with van der Waals surface area (Å²) >= 11 is 0. The van der Waals surface area contributed by atoms with Gasteiger partial charge in [0.1, 0.15) is 0 Å². The van der Waals surface area contributed by atoms with Crippen molar-refractivity contribution in [1.82, 2.24) is 10.6 Å². The van der Waals surface area contributed by atoms with Gasteiger partial charge in [0, 0.05) is 13.1 Å². The number of nitrogens with one attached hydrogen (secondary N) is 2. The molecule has 2 heteroatoms. The van der Waals surface area contributed by atoms with Gasteiger partial charge in [-0.15, -0.1) is 0 Å². The molecule has 1 aromatic rings. The van der Waals surface area contributed by atoms with E-state index < -0.39 is 0 Å². The maximum atomic E-state index is 3.75. The van der Waals surface area contributed by atoms with Crippen molar-refractivity contribution >= 4 is 0 Å². The van der Waals surface area contributed by atoms with Crippen molar-refractivity contribution < 1.29 is 0 Å². The van der Waals surface area contributed by atoms with Crippen LogP contribution in [0.1, 0.15) is 31.4 Å². The fourth-order valence-electron chi connectivity index (χ4n) is 2.58. The molecule has 0 unspecified atom stereocenters. The van der Waals surface area contributed by atoms with E-state index >= 15 is 0 Å². The highest BCUT2D eigenvalue weighted by Crippen LogP contribution is 2.13. The van der Waals surface area contributed by atoms with Crippen LogP contribution in [0.15, 0.2) is 60.7 Å². The molecule has 2 N–H and O–H groups in total. The second-order valence-corrected chi connectivity index (χ2v) is 5.08. The summed E-state index contributed by atoms with van der Waals surface area (Å²) in [6, 6.07) is 8.63. The lowest BCUT2D eigenvalue weighted by molar-refractivity contribution is 0.644. The Labute approximate surface area is 136 Å². The van der Waals surface area contributed by atoms with Gasteiger partial charge < -0.3 is 10.6 Å². The molecule has 0 fully saturated rings. The molecule has 0 aliphatic carbocycles. The predicted octanol–water partition coefficient (Wildman–Crippen LogP) is 4.01. The summed E-state index contributed by atoms with van der Waals surface area (Å²) in [6.45, 7) is 15.7. The van der Waals surface area contributed by atoms with Crippen LogP contribution in [-0.2, 0) is 13.0 Å². The van der Waals surface area contributed by atoms with E-state index in [1.165, 1.54) is 28.7 Å². The van der Waals surface area contributed by atoms with Crippen molar-refractivity contribution in [2.24, 2.45) is 0 Å². The summed E-state index contributed by atoms with van der Waals surface area (Å²) in [5.74, 6) is 0. The van der Waals surface area contributed by atoms with E-state index in [0.717, 1.165) is 32.6 Å². The van der Waals surface area contributed by atoms with Gasteiger partial charge >= 0.3 is 0 Å². The van der Waals surface area contributed by atoms with E-state index in [0.29, 0.717) is 0 Å². The summed E-state index contributed by atoms with van der Waals surface area (Å²) < 4.78 is 0. The van der Waals surface area contributed by atoms with Gasteiger partial charge in [-0.3, -0.25) is 0 Å². The molecule has 0 saturated heterocycles. The molecule has 2 aliphatic heterocycles. The largest absolute Gasteiger partial charge is 0.312 e. The Balaban J connectivity index is 0.000000198. The van der Waals surface area contributed by atoms with Gasteiger partial charge in [-0.25, -0.2) is 0 Å². The second kappa shape index (κ2) is 11.0. The van der Waals surface area contributed by atoms with Crippen LogP contribution >= 0.6 is 0 Å². The van der Waals surface area contributed by atoms with Gasteiger partial charge in [-0.1, -0.05) is 63.4 Å². The topological polar surface area (TPSA) is 24.1 Å². The van der Waals surface area contributed by atoms with Crippen LogP contribution in [0.25, 0.3) is 0 Å². The average molecular weight is 298 g/mol. The minimum Gasteiger partial charge on any atom is -0.312 e. The highest BCUT2D eigenvalue weighted by atomic mass is 14.9. The quantitative estimate of drug-likeness (QED) is 0.862. The summed E-state index contributed by atoms with van der Waals surface area (Å²) in [5.41, 5.74) is 5.62. The Morgan fingerprint density at radius 2 is 1.41 bits per heavy atom. The molecular weight excluding hydrogens is 268 g/mol. The number of hydrogen-bond donors (Lipinski definition) is 2. The van der Waals surface area contributed by atoms with Crippen LogP contribution in [-0.4, -0.2) is 19.6 Å². The van der Waals surface area contributed by atoms with Crippen LogP contribution in [0.3, 0.4) is 0 Å². The van der Waals surface area contributed by atoms with Crippen molar-refractivity contribution in [3.05, 3.63) is 71.8 Å². The summed E-state index contributed by atoms with van der Waals surface area (Å²) in [5, 5.41) is 6.61. The third kappa shape index (κ3) is 5.63. The first-order valence-corrected chi connectivity index (χ1v) is 8.30. The maximum Gasteiger partial charge on any atom is 0.0208 e. The van der Waals surface area contributed by atoms with Crippen molar-refractivity contribution in [2.75, 3.05) is 19.6 Å². The molecule has 2 heterocycles. The van der Waals surface area contributed by atoms with Gasteiger partial charge in [0.05, 0.1) is 0 Å². The lowest BCUT2D eigenvalue weighted by atomic mass is 10.0. The van der Waals surface area contributed by atoms with E-state index in [4.69, 9.17) is 0 Å². The van der Waals surface area contributed by atoms with Gasteiger partial charge in [-0.05, 0) is 48.2 Å². The molecule has 0 aromatic heterocycles. The summed E-state index contributed by atoms with van der Waals surface area (Å²) in [7, 11) is 0. The Kier molecular flexibility index (Phi) is 9.20. The number of rotatable bonds is 2. The fraction of sp³-hybridized carbons (Fsp3) is 0.400. The van der Waals surface area contributed by atoms with Crippen molar-refractivity contribution in [2.45, 2.75) is 33.2 Å². The smallest absolute Gasteiger partial charge is 0.0208 e. The number of fused-ring (bicyclic) bond motifs is 1. The molecule has 0 amide bonds. The Hall–Kier alpha value is -1.64. The van der Waals surface area contributed by atoms with Crippen molar-refractivity contribution in [1.29, 1.82) is 0 Å². The Morgan fingerprint density at radius 1 is 0.818 bits per heavy atom. The minimum absolute atomic E-state index is 0.949. The molecule has 0 saturated carbocycles. The van der Waals surface area contributed by atoms with Crippen LogP contribution in [0, 0.1) is 0 Å². The van der Waals surface area contributed by atoms with Gasteiger partial charge in [0.25, 0.3) is 0 Å². The molecular formula is C20H30N2. The van der Waals surface area contributed by atoms with Gasteiger partial charge in [0.2, 0.25) is 0 Å². The molecule has 3 rings (SSSR count). The molecule has 1 aromatic carbocycles. The molecule has 120 valence electrons. The molecule has 0 spiro atoms. The van der Waals surface area contributed by atoms with Crippen LogP contribution in [0.2, 0.25) is 0 Å². The van der Waals surface area contributed by atoms with E-state index in [2.05, 4.69) is 48.1 Å². The minimum atomic E-state index is 0.949. The van der Waals surface area contributed by atoms with E-state index in [1.54, 1.807) is 0 Å². The first kappa shape index (κ1) is 18.4. The molecule has 2 aliphatic rings. The fourth-order valence-corrected chi connectivity index (χ4v) is 2.58. The third-order valence-corrected chi connectivity index (χ3v) is 3.80. The van der Waals surface area contributed by atoms with E-state index in [-0.39, 0.29) is 0 Å². The van der Waals surface area contributed by atoms with Crippen LogP contribution in [0.4, 0.5) is 0 Å². The Morgan fingerprint density at radius 3 is 2.00 bits per heavy atom. The number of allylic oxidation sites excluding steroid dienone is 1. The highest BCUT2D eigenvalue weighted by molar-refractivity contribution is 5.34. The maximum absolute atomic E-state index is 3.75. The predicted molar refractivity (Wildman–Crippen MR) is 98.1 cm³/mol. The monoisotopic (exact) mass is 298 g/mol. The summed E-state index contributed by atoms with van der Waals surface area (Å²) in [6.07, 6.45) is 6.11. The molecule has 0 radical (unpaired) electrons. The zero-order valence-corrected chi connectivity index (χ0v) is 14.1. The van der Waals surface area contributed by atoms with E-state index in [9.17, 15) is 0 Å². The standard InChI is InChI=1S/C9H11N.C9H13N.C2H6/c1-2-4-9-7-10-6-5-8(9)3-1;1-3-8-5-6-10-7-9(8)4-2;1-2/h1-4,10H,5-7H2;3-4,10H,1-2,5-7H2;1-2H3. The first-order valence-electron chi connectivity index (χ1n) is 8.30. The normalized spacial score (nSPS) is 16.3. The zero-order valence-electron chi connectivity index (χ0n) is 14.1. The molecule has 0 atom stereocenters. The van der Waals surface area contributed by atoms with E-state index in [1.807, 2.05) is 26.0 Å². The third-order valence-electron chi connectivity index (χ3n) is 3.80. The lowest BCUT2D eigenvalue weighted by Crippen LogP contribution is -2.23. The lowest BCUT2D eigenvalue weighted by Gasteiger charge is -2.15. The molecule has 22 heavy (non-hydrogen) atoms. The molecule has 0 bridgehead atoms. The number of benzene rings is 1. The summed E-state index contributed by atoms with van der Waals surface area (Å²) in [4.78, 5) is 0. The average Bonchev–Trinajstić information content (AvgIpc) is 2.64. The Bertz CT molecular complexity index is 455. The number of hydrogen-bond acceptors (Lipinski definition) is 2. The van der Waals surface area contributed by atoms with Crippen molar-refractivity contribution in [3.63, 3.8) is 0 Å². The van der Waals surface area contributed by atoms with Gasteiger partial charge in [0.15, 0.2) is 0 Å². The zero-order chi connectivity index (χ0) is 16.2. The molecule has 2 nitrogen and oxygen atoms in total. The highest BCUT2D eigenvalue weighted by Gasteiger charge is 2.05. The van der Waals surface area contributed by atoms with Crippen LogP contribution < -0.4 is 10.6 Å². The van der Waals surface area contributed by atoms with Crippen molar-refractivity contribution in [3.8, 4) is 0 Å². The second-order valence-electron chi connectivity index (χ2n) is 5.08. The SMILES string of the molecule is C=CC1=C(C=C)CNCC1.CC.c1ccc2c(c1)CCNC2.